The summed E-state index contributed by atoms with van der Waals surface area (Å²) in [4.78, 5) is 7.70. The Morgan fingerprint density at radius 1 is 1.29 bits per heavy atom. The lowest BCUT2D eigenvalue weighted by molar-refractivity contribution is -0.151. The fourth-order valence-electron chi connectivity index (χ4n) is 1.46. The zero-order chi connectivity index (χ0) is 12.7. The molecule has 0 aliphatic heterocycles. The van der Waals surface area contributed by atoms with E-state index in [0.29, 0.717) is 10.3 Å². The van der Waals surface area contributed by atoms with Crippen LogP contribution in [0.4, 0.5) is 24.8 Å². The fourth-order valence-corrected chi connectivity index (χ4v) is 1.96. The van der Waals surface area contributed by atoms with Crippen molar-refractivity contribution >= 4 is 27.6 Å². The van der Waals surface area contributed by atoms with Gasteiger partial charge < -0.3 is 10.6 Å². The molecule has 0 atom stereocenters. The Morgan fingerprint density at radius 3 is 2.35 bits per heavy atom. The predicted molar refractivity (Wildman–Crippen MR) is 60.9 cm³/mol. The molecular weight excluding hydrogens is 301 g/mol. The third-order valence-corrected chi connectivity index (χ3v) is 3.43. The van der Waals surface area contributed by atoms with Crippen molar-refractivity contribution < 1.29 is 13.2 Å². The summed E-state index contributed by atoms with van der Waals surface area (Å²) in [6.45, 7) is 0. The van der Waals surface area contributed by atoms with E-state index in [1.807, 2.05) is 0 Å². The van der Waals surface area contributed by atoms with Crippen molar-refractivity contribution in [3.05, 3.63) is 10.8 Å². The summed E-state index contributed by atoms with van der Waals surface area (Å²) in [6.07, 6.45) is -2.91. The molecule has 1 aliphatic rings. The van der Waals surface area contributed by atoms with E-state index < -0.39 is 11.7 Å². The minimum atomic E-state index is -4.27. The van der Waals surface area contributed by atoms with Crippen LogP contribution in [0.1, 0.15) is 12.8 Å². The van der Waals surface area contributed by atoms with Crippen molar-refractivity contribution in [2.75, 3.05) is 17.7 Å². The molecule has 0 radical (unpaired) electrons. The number of nitrogens with one attached hydrogen (secondary N) is 2. The lowest BCUT2D eigenvalue weighted by Gasteiger charge is -2.22. The summed E-state index contributed by atoms with van der Waals surface area (Å²) in [5.41, 5.74) is -1.82. The topological polar surface area (TPSA) is 49.8 Å². The van der Waals surface area contributed by atoms with E-state index in [2.05, 4.69) is 36.5 Å². The van der Waals surface area contributed by atoms with Crippen molar-refractivity contribution in [3.8, 4) is 0 Å². The number of aromatic nitrogens is 2. The van der Waals surface area contributed by atoms with Crippen LogP contribution in [0.25, 0.3) is 0 Å². The molecule has 0 unspecified atom stereocenters. The third kappa shape index (κ3) is 2.18. The van der Waals surface area contributed by atoms with Crippen LogP contribution in [-0.4, -0.2) is 28.7 Å². The number of anilines is 2. The van der Waals surface area contributed by atoms with Crippen LogP contribution in [0.5, 0.6) is 0 Å². The van der Waals surface area contributed by atoms with E-state index in [-0.39, 0.29) is 18.7 Å². The molecule has 17 heavy (non-hydrogen) atoms. The van der Waals surface area contributed by atoms with Crippen LogP contribution in [0.2, 0.25) is 0 Å². The van der Waals surface area contributed by atoms with Gasteiger partial charge in [-0.2, -0.15) is 13.2 Å². The zero-order valence-corrected chi connectivity index (χ0v) is 10.5. The molecule has 1 saturated carbocycles. The van der Waals surface area contributed by atoms with Gasteiger partial charge >= 0.3 is 6.18 Å². The second-order valence-corrected chi connectivity index (χ2v) is 4.63. The van der Waals surface area contributed by atoms with E-state index in [9.17, 15) is 13.2 Å². The molecule has 1 aromatic heterocycles. The van der Waals surface area contributed by atoms with Crippen molar-refractivity contribution in [3.63, 3.8) is 0 Å². The van der Waals surface area contributed by atoms with Gasteiger partial charge in [-0.3, -0.25) is 0 Å². The van der Waals surface area contributed by atoms with Crippen molar-refractivity contribution in [1.82, 2.24) is 9.97 Å². The summed E-state index contributed by atoms with van der Waals surface area (Å²) in [7, 11) is 1.63. The van der Waals surface area contributed by atoms with E-state index in [0.717, 1.165) is 0 Å². The number of alkyl halides is 3. The molecule has 1 aromatic rings. The maximum atomic E-state index is 12.8. The highest BCUT2D eigenvalue weighted by molar-refractivity contribution is 9.10. The molecule has 2 rings (SSSR count). The van der Waals surface area contributed by atoms with Gasteiger partial charge in [-0.25, -0.2) is 9.97 Å². The van der Waals surface area contributed by atoms with Gasteiger partial charge in [0.15, 0.2) is 0 Å². The Labute approximate surface area is 104 Å². The minimum Gasteiger partial charge on any atom is -0.372 e. The van der Waals surface area contributed by atoms with Gasteiger partial charge in [-0.1, -0.05) is 0 Å². The summed E-state index contributed by atoms with van der Waals surface area (Å²) in [5.74, 6) is 0.597. The standard InChI is InChI=1S/C9H10BrF3N4/c1-14-6-5(10)7(16-4-15-6)17-8(2-3-8)9(11,12)13/h4H,2-3H2,1H3,(H2,14,15,16,17). The maximum absolute atomic E-state index is 12.8. The van der Waals surface area contributed by atoms with Crippen LogP contribution in [0, 0.1) is 0 Å². The molecule has 94 valence electrons. The second-order valence-electron chi connectivity index (χ2n) is 3.84. The average Bonchev–Trinajstić information content (AvgIpc) is 3.01. The van der Waals surface area contributed by atoms with Gasteiger partial charge in [-0.05, 0) is 28.8 Å². The van der Waals surface area contributed by atoms with Crippen LogP contribution in [-0.2, 0) is 0 Å². The lowest BCUT2D eigenvalue weighted by atomic mass is 10.2. The molecule has 1 fully saturated rings. The van der Waals surface area contributed by atoms with Crippen molar-refractivity contribution in [2.45, 2.75) is 24.6 Å². The van der Waals surface area contributed by atoms with Gasteiger partial charge in [0.1, 0.15) is 28.0 Å². The van der Waals surface area contributed by atoms with Gasteiger partial charge in [0.25, 0.3) is 0 Å². The van der Waals surface area contributed by atoms with Crippen LogP contribution >= 0.6 is 15.9 Å². The van der Waals surface area contributed by atoms with Crippen LogP contribution < -0.4 is 10.6 Å². The van der Waals surface area contributed by atoms with E-state index in [1.54, 1.807) is 7.05 Å². The fraction of sp³-hybridized carbons (Fsp3) is 0.556. The Hall–Kier alpha value is -1.05. The highest BCUT2D eigenvalue weighted by Gasteiger charge is 2.63. The monoisotopic (exact) mass is 310 g/mol. The predicted octanol–water partition coefficient (Wildman–Crippen LogP) is 2.79. The Kier molecular flexibility index (Phi) is 2.92. The van der Waals surface area contributed by atoms with Crippen molar-refractivity contribution in [2.24, 2.45) is 0 Å². The Balaban J connectivity index is 2.26. The second kappa shape index (κ2) is 4.01. The molecule has 0 amide bonds. The number of nitrogens with zero attached hydrogens (tertiary/aromatic N) is 2. The van der Waals surface area contributed by atoms with E-state index >= 15 is 0 Å². The van der Waals surface area contributed by atoms with Gasteiger partial charge in [-0.15, -0.1) is 0 Å². The molecule has 8 heteroatoms. The average molecular weight is 311 g/mol. The molecule has 2 N–H and O–H groups in total. The first-order chi connectivity index (χ1) is 7.89. The number of halogens is 4. The summed E-state index contributed by atoms with van der Waals surface area (Å²) < 4.78 is 38.7. The first kappa shape index (κ1) is 12.4. The quantitative estimate of drug-likeness (QED) is 0.901. The molecule has 1 aliphatic carbocycles. The molecule has 4 nitrogen and oxygen atoms in total. The molecular formula is C9H10BrF3N4. The molecule has 0 bridgehead atoms. The molecule has 0 spiro atoms. The van der Waals surface area contributed by atoms with Crippen LogP contribution in [0.15, 0.2) is 10.8 Å². The van der Waals surface area contributed by atoms with Crippen LogP contribution in [0.3, 0.4) is 0 Å². The smallest absolute Gasteiger partial charge is 0.372 e. The Bertz CT molecular complexity index is 431. The molecule has 0 aromatic carbocycles. The van der Waals surface area contributed by atoms with E-state index in [1.165, 1.54) is 6.33 Å². The normalized spacial score (nSPS) is 17.7. The lowest BCUT2D eigenvalue weighted by Crippen LogP contribution is -2.39. The first-order valence-electron chi connectivity index (χ1n) is 4.93. The highest BCUT2D eigenvalue weighted by Crippen LogP contribution is 2.51. The zero-order valence-electron chi connectivity index (χ0n) is 8.90. The number of hydrogen-bond donors (Lipinski definition) is 2. The number of hydrogen-bond acceptors (Lipinski definition) is 4. The first-order valence-corrected chi connectivity index (χ1v) is 5.72. The number of rotatable bonds is 3. The van der Waals surface area contributed by atoms with E-state index in [4.69, 9.17) is 0 Å². The molecule has 0 saturated heterocycles. The molecule has 1 heterocycles. The SMILES string of the molecule is CNc1ncnc(NC2(C(F)(F)F)CC2)c1Br. The Morgan fingerprint density at radius 2 is 1.88 bits per heavy atom. The van der Waals surface area contributed by atoms with Gasteiger partial charge in [0.05, 0.1) is 0 Å². The minimum absolute atomic E-state index is 0.0713. The van der Waals surface area contributed by atoms with Crippen molar-refractivity contribution in [1.29, 1.82) is 0 Å². The summed E-state index contributed by atoms with van der Waals surface area (Å²) in [6, 6.07) is 0. The highest BCUT2D eigenvalue weighted by atomic mass is 79.9. The van der Waals surface area contributed by atoms with Gasteiger partial charge in [0, 0.05) is 7.05 Å². The third-order valence-electron chi connectivity index (χ3n) is 2.68. The maximum Gasteiger partial charge on any atom is 0.411 e. The largest absolute Gasteiger partial charge is 0.411 e. The summed E-state index contributed by atoms with van der Waals surface area (Å²) >= 11 is 3.17. The van der Waals surface area contributed by atoms with Gasteiger partial charge in [0.2, 0.25) is 0 Å². The summed E-state index contributed by atoms with van der Waals surface area (Å²) in [5, 5.41) is 5.21.